The van der Waals surface area contributed by atoms with Gasteiger partial charge >= 0.3 is 11.6 Å². The first kappa shape index (κ1) is 23.6. The van der Waals surface area contributed by atoms with Crippen molar-refractivity contribution in [2.24, 2.45) is 0 Å². The second-order valence-electron chi connectivity index (χ2n) is 8.08. The number of ether oxygens (including phenoxy) is 4. The summed E-state index contributed by atoms with van der Waals surface area (Å²) in [5.41, 5.74) is 2.77. The maximum absolute atomic E-state index is 12.6. The summed E-state index contributed by atoms with van der Waals surface area (Å²) in [5.74, 6) is 0.686. The zero-order valence-electron chi connectivity index (χ0n) is 19.8. The minimum atomic E-state index is -0.550. The third-order valence-electron chi connectivity index (χ3n) is 6.08. The Morgan fingerprint density at radius 3 is 2.42 bits per heavy atom. The first-order valence-corrected chi connectivity index (χ1v) is 11.4. The monoisotopic (exact) mass is 507 g/mol. The van der Waals surface area contributed by atoms with Gasteiger partial charge in [0.2, 0.25) is 0 Å². The van der Waals surface area contributed by atoms with Crippen molar-refractivity contribution >= 4 is 34.2 Å². The average Bonchev–Trinajstić information content (AvgIpc) is 2.92. The average molecular weight is 508 g/mol. The maximum Gasteiger partial charge on any atom is 0.340 e. The molecule has 0 bridgehead atoms. The fraction of sp³-hybridized carbons (Fsp3) is 0.185. The summed E-state index contributed by atoms with van der Waals surface area (Å²) >= 11 is 6.63. The van der Waals surface area contributed by atoms with Crippen LogP contribution in [0.5, 0.6) is 17.2 Å². The highest BCUT2D eigenvalue weighted by molar-refractivity contribution is 6.33. The minimum absolute atomic E-state index is 0.0836. The van der Waals surface area contributed by atoms with Crippen molar-refractivity contribution in [3.63, 3.8) is 0 Å². The van der Waals surface area contributed by atoms with Crippen molar-refractivity contribution in [1.82, 2.24) is 0 Å². The van der Waals surface area contributed by atoms with Gasteiger partial charge in [0.05, 0.1) is 49.7 Å². The summed E-state index contributed by atoms with van der Waals surface area (Å²) in [6.07, 6.45) is 0. The van der Waals surface area contributed by atoms with Gasteiger partial charge in [-0.05, 0) is 17.2 Å². The zero-order valence-corrected chi connectivity index (χ0v) is 20.5. The third kappa shape index (κ3) is 3.99. The second kappa shape index (κ2) is 9.47. The van der Waals surface area contributed by atoms with Gasteiger partial charge in [0.25, 0.3) is 0 Å². The molecule has 5 rings (SSSR count). The fourth-order valence-corrected chi connectivity index (χ4v) is 4.68. The van der Waals surface area contributed by atoms with Crippen LogP contribution in [0.3, 0.4) is 0 Å². The van der Waals surface area contributed by atoms with Crippen LogP contribution in [0.25, 0.3) is 22.1 Å². The van der Waals surface area contributed by atoms with Crippen molar-refractivity contribution in [3.8, 4) is 28.4 Å². The van der Waals surface area contributed by atoms with Crippen LogP contribution in [-0.2, 0) is 11.3 Å². The lowest BCUT2D eigenvalue weighted by Crippen LogP contribution is -2.33. The lowest BCUT2D eigenvalue weighted by Gasteiger charge is -2.33. The SMILES string of the molecule is COC(=O)c1cc(OC)c(OC)cc1N1COc2c(Cl)cc3c(-c4ccccc4)cc(=O)oc3c2C1. The Labute approximate surface area is 211 Å². The molecule has 0 N–H and O–H groups in total. The smallest absolute Gasteiger partial charge is 0.340 e. The lowest BCUT2D eigenvalue weighted by molar-refractivity contribution is 0.0600. The fourth-order valence-electron chi connectivity index (χ4n) is 4.40. The third-order valence-corrected chi connectivity index (χ3v) is 6.36. The van der Waals surface area contributed by atoms with Gasteiger partial charge in [0.15, 0.2) is 18.2 Å². The van der Waals surface area contributed by atoms with E-state index in [9.17, 15) is 9.59 Å². The molecule has 1 aliphatic rings. The molecule has 0 amide bonds. The summed E-state index contributed by atoms with van der Waals surface area (Å²) in [5, 5.41) is 1.07. The summed E-state index contributed by atoms with van der Waals surface area (Å²) in [4.78, 5) is 27.0. The molecule has 184 valence electrons. The standard InChI is InChI=1S/C27H22ClNO7/c1-32-22-10-18(27(31)34-3)21(12-23(22)33-2)29-13-19-25-17(9-20(28)26(19)35-14-29)16(11-24(30)36-25)15-7-5-4-6-8-15/h4-12H,13-14H2,1-3H3. The van der Waals surface area contributed by atoms with E-state index in [2.05, 4.69) is 0 Å². The molecule has 0 spiro atoms. The highest BCUT2D eigenvalue weighted by Crippen LogP contribution is 2.43. The Balaban J connectivity index is 1.69. The first-order chi connectivity index (χ1) is 17.4. The molecule has 36 heavy (non-hydrogen) atoms. The number of anilines is 1. The number of esters is 1. The second-order valence-corrected chi connectivity index (χ2v) is 8.48. The number of hydrogen-bond donors (Lipinski definition) is 0. The molecule has 0 aliphatic carbocycles. The first-order valence-electron chi connectivity index (χ1n) is 11.0. The van der Waals surface area contributed by atoms with Gasteiger partial charge in [-0.2, -0.15) is 0 Å². The number of nitrogens with zero attached hydrogens (tertiary/aromatic N) is 1. The largest absolute Gasteiger partial charge is 0.493 e. The number of methoxy groups -OCH3 is 3. The zero-order chi connectivity index (χ0) is 25.4. The van der Waals surface area contributed by atoms with Gasteiger partial charge in [0.1, 0.15) is 11.3 Å². The van der Waals surface area contributed by atoms with Crippen LogP contribution < -0.4 is 24.7 Å². The molecule has 0 fully saturated rings. The predicted molar refractivity (Wildman–Crippen MR) is 135 cm³/mol. The highest BCUT2D eigenvalue weighted by Gasteiger charge is 2.29. The Kier molecular flexibility index (Phi) is 6.20. The van der Waals surface area contributed by atoms with Crippen LogP contribution in [0.2, 0.25) is 5.02 Å². The molecule has 0 radical (unpaired) electrons. The van der Waals surface area contributed by atoms with Crippen molar-refractivity contribution in [2.75, 3.05) is 33.0 Å². The molecular weight excluding hydrogens is 486 g/mol. The van der Waals surface area contributed by atoms with Crippen LogP contribution >= 0.6 is 11.6 Å². The number of halogens is 1. The Morgan fingerprint density at radius 2 is 1.72 bits per heavy atom. The van der Waals surface area contributed by atoms with Crippen LogP contribution in [0.4, 0.5) is 5.69 Å². The molecule has 4 aromatic rings. The molecule has 3 aromatic carbocycles. The highest BCUT2D eigenvalue weighted by atomic mass is 35.5. The van der Waals surface area contributed by atoms with E-state index in [4.69, 9.17) is 35.0 Å². The molecule has 1 aliphatic heterocycles. The van der Waals surface area contributed by atoms with E-state index in [1.807, 2.05) is 35.2 Å². The predicted octanol–water partition coefficient (Wildman–Crippen LogP) is 5.27. The van der Waals surface area contributed by atoms with E-state index in [0.29, 0.717) is 50.1 Å². The van der Waals surface area contributed by atoms with Crippen LogP contribution in [-0.4, -0.2) is 34.0 Å². The van der Waals surface area contributed by atoms with E-state index in [-0.39, 0.29) is 18.8 Å². The Morgan fingerprint density at radius 1 is 1.00 bits per heavy atom. The molecule has 8 nitrogen and oxygen atoms in total. The van der Waals surface area contributed by atoms with Crippen LogP contribution in [0.15, 0.2) is 63.8 Å². The molecule has 0 unspecified atom stereocenters. The number of hydrogen-bond acceptors (Lipinski definition) is 8. The molecule has 1 aromatic heterocycles. The molecule has 2 heterocycles. The number of benzene rings is 3. The van der Waals surface area contributed by atoms with E-state index in [1.165, 1.54) is 27.4 Å². The normalized spacial score (nSPS) is 12.6. The number of carbonyl (C=O) groups excluding carboxylic acids is 1. The molecule has 0 saturated carbocycles. The number of rotatable bonds is 5. The quantitative estimate of drug-likeness (QED) is 0.266. The van der Waals surface area contributed by atoms with Crippen molar-refractivity contribution in [3.05, 3.63) is 81.2 Å². The minimum Gasteiger partial charge on any atom is -0.493 e. The summed E-state index contributed by atoms with van der Waals surface area (Å²) < 4.78 is 27.5. The van der Waals surface area contributed by atoms with Gasteiger partial charge in [0, 0.05) is 23.6 Å². The van der Waals surface area contributed by atoms with E-state index >= 15 is 0 Å². The van der Waals surface area contributed by atoms with Crippen molar-refractivity contribution in [2.45, 2.75) is 6.54 Å². The molecular formula is C27H22ClNO7. The Bertz CT molecular complexity index is 1530. The van der Waals surface area contributed by atoms with Gasteiger partial charge in [-0.15, -0.1) is 0 Å². The van der Waals surface area contributed by atoms with E-state index < -0.39 is 11.6 Å². The van der Waals surface area contributed by atoms with Gasteiger partial charge in [-0.1, -0.05) is 41.9 Å². The van der Waals surface area contributed by atoms with Gasteiger partial charge < -0.3 is 28.3 Å². The van der Waals surface area contributed by atoms with Crippen molar-refractivity contribution < 1.29 is 28.2 Å². The number of carbonyl (C=O) groups is 1. The maximum atomic E-state index is 12.6. The Hall–Kier alpha value is -4.17. The summed E-state index contributed by atoms with van der Waals surface area (Å²) in [7, 11) is 4.30. The summed E-state index contributed by atoms with van der Waals surface area (Å²) in [6, 6.07) is 15.9. The molecule has 0 atom stereocenters. The van der Waals surface area contributed by atoms with Crippen molar-refractivity contribution in [1.29, 1.82) is 0 Å². The molecule has 9 heteroatoms. The van der Waals surface area contributed by atoms with Crippen LogP contribution in [0, 0.1) is 0 Å². The topological polar surface area (TPSA) is 87.4 Å². The van der Waals surface area contributed by atoms with E-state index in [1.54, 1.807) is 18.2 Å². The molecule has 0 saturated heterocycles. The van der Waals surface area contributed by atoms with Gasteiger partial charge in [-0.3, -0.25) is 0 Å². The lowest BCUT2D eigenvalue weighted by atomic mass is 9.99. The van der Waals surface area contributed by atoms with Gasteiger partial charge in [-0.25, -0.2) is 9.59 Å². The number of fused-ring (bicyclic) bond motifs is 3. The van der Waals surface area contributed by atoms with Crippen LogP contribution in [0.1, 0.15) is 15.9 Å². The van der Waals surface area contributed by atoms with E-state index in [0.717, 1.165) is 5.56 Å². The summed E-state index contributed by atoms with van der Waals surface area (Å²) in [6.45, 7) is 0.327.